The number of methoxy groups -OCH3 is 1. The standard InChI is InChI=1S/C11H12FNO2/c1-15-10-3-2-7(6-9(10)12)8-4-5-13-11(8)14/h2-3,6,8H,4-5H2,1H3,(H,13,14). The zero-order chi connectivity index (χ0) is 10.8. The first-order chi connectivity index (χ1) is 7.22. The van der Waals surface area contributed by atoms with Gasteiger partial charge in [0.15, 0.2) is 11.6 Å². The van der Waals surface area contributed by atoms with Crippen molar-refractivity contribution >= 4 is 5.91 Å². The summed E-state index contributed by atoms with van der Waals surface area (Å²) in [6, 6.07) is 4.65. The summed E-state index contributed by atoms with van der Waals surface area (Å²) in [4.78, 5) is 11.4. The van der Waals surface area contributed by atoms with Crippen molar-refractivity contribution in [3.63, 3.8) is 0 Å². The van der Waals surface area contributed by atoms with E-state index in [-0.39, 0.29) is 17.6 Å². The normalized spacial score (nSPS) is 20.1. The summed E-state index contributed by atoms with van der Waals surface area (Å²) < 4.78 is 18.2. The zero-order valence-corrected chi connectivity index (χ0v) is 8.42. The van der Waals surface area contributed by atoms with E-state index in [1.54, 1.807) is 12.1 Å². The fraction of sp³-hybridized carbons (Fsp3) is 0.364. The van der Waals surface area contributed by atoms with Gasteiger partial charge in [-0.1, -0.05) is 6.07 Å². The summed E-state index contributed by atoms with van der Waals surface area (Å²) >= 11 is 0. The second-order valence-electron chi connectivity index (χ2n) is 3.53. The molecule has 1 aliphatic heterocycles. The third kappa shape index (κ3) is 1.79. The Morgan fingerprint density at radius 2 is 2.33 bits per heavy atom. The quantitative estimate of drug-likeness (QED) is 0.800. The molecule has 1 saturated heterocycles. The third-order valence-corrected chi connectivity index (χ3v) is 2.63. The van der Waals surface area contributed by atoms with Crippen LogP contribution in [0.25, 0.3) is 0 Å². The second-order valence-corrected chi connectivity index (χ2v) is 3.53. The molecule has 15 heavy (non-hydrogen) atoms. The van der Waals surface area contributed by atoms with Gasteiger partial charge >= 0.3 is 0 Å². The highest BCUT2D eigenvalue weighted by Crippen LogP contribution is 2.27. The summed E-state index contributed by atoms with van der Waals surface area (Å²) in [6.07, 6.45) is 0.727. The molecule has 1 amide bonds. The first-order valence-electron chi connectivity index (χ1n) is 4.83. The lowest BCUT2D eigenvalue weighted by Crippen LogP contribution is -2.17. The number of hydrogen-bond acceptors (Lipinski definition) is 2. The Labute approximate surface area is 87.2 Å². The van der Waals surface area contributed by atoms with Crippen molar-refractivity contribution in [2.45, 2.75) is 12.3 Å². The molecule has 1 unspecified atom stereocenters. The van der Waals surface area contributed by atoms with Gasteiger partial charge in [0.05, 0.1) is 13.0 Å². The summed E-state index contributed by atoms with van der Waals surface area (Å²) in [5.41, 5.74) is 0.711. The van der Waals surface area contributed by atoms with Crippen LogP contribution in [0.5, 0.6) is 5.75 Å². The van der Waals surface area contributed by atoms with E-state index in [4.69, 9.17) is 4.74 Å². The van der Waals surface area contributed by atoms with Crippen molar-refractivity contribution in [3.05, 3.63) is 29.6 Å². The molecule has 0 bridgehead atoms. The molecule has 0 aromatic heterocycles. The van der Waals surface area contributed by atoms with Crippen LogP contribution in [0.3, 0.4) is 0 Å². The number of amides is 1. The van der Waals surface area contributed by atoms with E-state index in [9.17, 15) is 9.18 Å². The Bertz CT molecular complexity index is 392. The van der Waals surface area contributed by atoms with E-state index in [0.717, 1.165) is 6.42 Å². The Balaban J connectivity index is 2.29. The minimum absolute atomic E-state index is 0.0282. The van der Waals surface area contributed by atoms with Crippen molar-refractivity contribution < 1.29 is 13.9 Å². The summed E-state index contributed by atoms with van der Waals surface area (Å²) in [5, 5.41) is 2.72. The SMILES string of the molecule is COc1ccc(C2CCNC2=O)cc1F. The van der Waals surface area contributed by atoms with Crippen LogP contribution >= 0.6 is 0 Å². The van der Waals surface area contributed by atoms with Crippen molar-refractivity contribution in [1.29, 1.82) is 0 Å². The van der Waals surface area contributed by atoms with E-state index in [0.29, 0.717) is 12.1 Å². The number of nitrogens with one attached hydrogen (secondary N) is 1. The molecule has 1 N–H and O–H groups in total. The van der Waals surface area contributed by atoms with Gasteiger partial charge in [-0.2, -0.15) is 0 Å². The molecule has 1 heterocycles. The van der Waals surface area contributed by atoms with Gasteiger partial charge < -0.3 is 10.1 Å². The van der Waals surface area contributed by atoms with Crippen LogP contribution in [-0.2, 0) is 4.79 Å². The van der Waals surface area contributed by atoms with E-state index in [1.807, 2.05) is 0 Å². The minimum Gasteiger partial charge on any atom is -0.494 e. The van der Waals surface area contributed by atoms with Crippen LogP contribution in [0.4, 0.5) is 4.39 Å². The number of carbonyl (C=O) groups excluding carboxylic acids is 1. The molecule has 1 aromatic rings. The highest BCUT2D eigenvalue weighted by molar-refractivity contribution is 5.85. The van der Waals surface area contributed by atoms with Crippen LogP contribution in [0.15, 0.2) is 18.2 Å². The Morgan fingerprint density at radius 1 is 1.53 bits per heavy atom. The summed E-state index contributed by atoms with van der Waals surface area (Å²) in [7, 11) is 1.42. The van der Waals surface area contributed by atoms with Gasteiger partial charge in [-0.3, -0.25) is 4.79 Å². The second kappa shape index (κ2) is 3.88. The predicted octanol–water partition coefficient (Wildman–Crippen LogP) is 1.44. The number of rotatable bonds is 2. The average molecular weight is 209 g/mol. The van der Waals surface area contributed by atoms with Crippen molar-refractivity contribution in [1.82, 2.24) is 5.32 Å². The maximum Gasteiger partial charge on any atom is 0.227 e. The number of carbonyl (C=O) groups is 1. The average Bonchev–Trinajstić information content (AvgIpc) is 2.64. The monoisotopic (exact) mass is 209 g/mol. The lowest BCUT2D eigenvalue weighted by molar-refractivity contribution is -0.120. The maximum absolute atomic E-state index is 13.4. The maximum atomic E-state index is 13.4. The molecule has 0 aliphatic carbocycles. The van der Waals surface area contributed by atoms with Crippen molar-refractivity contribution in [2.75, 3.05) is 13.7 Å². The molecule has 1 aliphatic rings. The first-order valence-corrected chi connectivity index (χ1v) is 4.83. The third-order valence-electron chi connectivity index (χ3n) is 2.63. The molecule has 80 valence electrons. The van der Waals surface area contributed by atoms with E-state index >= 15 is 0 Å². The highest BCUT2D eigenvalue weighted by Gasteiger charge is 2.26. The zero-order valence-electron chi connectivity index (χ0n) is 8.42. The molecule has 1 fully saturated rings. The van der Waals surface area contributed by atoms with Gasteiger partial charge in [-0.05, 0) is 24.1 Å². The molecule has 0 spiro atoms. The van der Waals surface area contributed by atoms with Gasteiger partial charge in [0.1, 0.15) is 0 Å². The van der Waals surface area contributed by atoms with Gasteiger partial charge in [-0.25, -0.2) is 4.39 Å². The number of halogens is 1. The van der Waals surface area contributed by atoms with Crippen LogP contribution in [-0.4, -0.2) is 19.6 Å². The number of hydrogen-bond donors (Lipinski definition) is 1. The van der Waals surface area contributed by atoms with Crippen LogP contribution < -0.4 is 10.1 Å². The molecular weight excluding hydrogens is 197 g/mol. The van der Waals surface area contributed by atoms with Crippen molar-refractivity contribution in [3.8, 4) is 5.75 Å². The molecule has 0 radical (unpaired) electrons. The lowest BCUT2D eigenvalue weighted by Gasteiger charge is -2.08. The Kier molecular flexibility index (Phi) is 2.58. The molecule has 4 heteroatoms. The van der Waals surface area contributed by atoms with Crippen LogP contribution in [0, 0.1) is 5.82 Å². The molecular formula is C11H12FNO2. The fourth-order valence-electron chi connectivity index (χ4n) is 1.81. The smallest absolute Gasteiger partial charge is 0.227 e. The van der Waals surface area contributed by atoms with E-state index in [2.05, 4.69) is 5.32 Å². The summed E-state index contributed by atoms with van der Waals surface area (Å²) in [5.74, 6) is -0.461. The Hall–Kier alpha value is -1.58. The molecule has 1 aromatic carbocycles. The van der Waals surface area contributed by atoms with Crippen LogP contribution in [0.2, 0.25) is 0 Å². The van der Waals surface area contributed by atoms with Gasteiger partial charge in [0.25, 0.3) is 0 Å². The number of benzene rings is 1. The number of ether oxygens (including phenoxy) is 1. The van der Waals surface area contributed by atoms with Crippen molar-refractivity contribution in [2.24, 2.45) is 0 Å². The Morgan fingerprint density at radius 3 is 2.87 bits per heavy atom. The van der Waals surface area contributed by atoms with E-state index in [1.165, 1.54) is 13.2 Å². The first kappa shape index (κ1) is 9.96. The minimum atomic E-state index is -0.422. The molecule has 3 nitrogen and oxygen atoms in total. The van der Waals surface area contributed by atoms with Gasteiger partial charge in [0.2, 0.25) is 5.91 Å². The fourth-order valence-corrected chi connectivity index (χ4v) is 1.81. The van der Waals surface area contributed by atoms with Crippen LogP contribution in [0.1, 0.15) is 17.9 Å². The van der Waals surface area contributed by atoms with Gasteiger partial charge in [0, 0.05) is 6.54 Å². The molecule has 2 rings (SSSR count). The highest BCUT2D eigenvalue weighted by atomic mass is 19.1. The molecule has 1 atom stereocenters. The lowest BCUT2D eigenvalue weighted by atomic mass is 9.97. The van der Waals surface area contributed by atoms with Gasteiger partial charge in [-0.15, -0.1) is 0 Å². The summed E-state index contributed by atoms with van der Waals surface area (Å²) in [6.45, 7) is 0.664. The predicted molar refractivity (Wildman–Crippen MR) is 53.3 cm³/mol. The largest absolute Gasteiger partial charge is 0.494 e. The molecule has 0 saturated carbocycles. The topological polar surface area (TPSA) is 38.3 Å². The van der Waals surface area contributed by atoms with E-state index < -0.39 is 5.82 Å².